The molecular formula is C15H13ClF3NO. The molecular weight excluding hydrogens is 303 g/mol. The first kappa shape index (κ1) is 15.7. The molecule has 2 rings (SSSR count). The Morgan fingerprint density at radius 2 is 1.76 bits per heavy atom. The van der Waals surface area contributed by atoms with Gasteiger partial charge in [-0.15, -0.1) is 0 Å². The summed E-state index contributed by atoms with van der Waals surface area (Å²) >= 11 is 5.82. The van der Waals surface area contributed by atoms with E-state index in [0.717, 1.165) is 0 Å². The van der Waals surface area contributed by atoms with E-state index in [1.807, 2.05) is 0 Å². The second kappa shape index (κ2) is 6.83. The molecule has 112 valence electrons. The largest absolute Gasteiger partial charge is 0.435 e. The van der Waals surface area contributed by atoms with Crippen LogP contribution in [0.2, 0.25) is 5.02 Å². The van der Waals surface area contributed by atoms with E-state index in [1.54, 1.807) is 12.1 Å². The Morgan fingerprint density at radius 3 is 2.38 bits per heavy atom. The topological polar surface area (TPSA) is 35.2 Å². The van der Waals surface area contributed by atoms with Gasteiger partial charge in [0.1, 0.15) is 11.6 Å². The molecule has 0 aliphatic carbocycles. The third-order valence-corrected chi connectivity index (χ3v) is 3.22. The van der Waals surface area contributed by atoms with Crippen LogP contribution < -0.4 is 10.5 Å². The quantitative estimate of drug-likeness (QED) is 0.891. The fourth-order valence-electron chi connectivity index (χ4n) is 1.95. The summed E-state index contributed by atoms with van der Waals surface area (Å²) in [7, 11) is 0. The van der Waals surface area contributed by atoms with Crippen LogP contribution in [0.15, 0.2) is 42.5 Å². The molecule has 6 heteroatoms. The minimum atomic E-state index is -2.87. The predicted molar refractivity (Wildman–Crippen MR) is 75.1 cm³/mol. The normalized spacial score (nSPS) is 12.5. The van der Waals surface area contributed by atoms with Crippen LogP contribution in [0.5, 0.6) is 5.75 Å². The molecule has 0 amide bonds. The lowest BCUT2D eigenvalue weighted by Crippen LogP contribution is -2.14. The Labute approximate surface area is 125 Å². The summed E-state index contributed by atoms with van der Waals surface area (Å²) in [6, 6.07) is 9.73. The van der Waals surface area contributed by atoms with E-state index in [9.17, 15) is 13.2 Å². The number of rotatable bonds is 5. The van der Waals surface area contributed by atoms with Crippen molar-refractivity contribution in [2.45, 2.75) is 19.1 Å². The van der Waals surface area contributed by atoms with Gasteiger partial charge < -0.3 is 10.5 Å². The SMILES string of the molecule is NC(Cc1cc(Cl)ccc1F)c1ccc(OC(F)F)cc1. The van der Waals surface area contributed by atoms with Crippen LogP contribution >= 0.6 is 11.6 Å². The average Bonchev–Trinajstić information content (AvgIpc) is 2.43. The number of alkyl halides is 2. The zero-order chi connectivity index (χ0) is 15.4. The zero-order valence-corrected chi connectivity index (χ0v) is 11.7. The summed E-state index contributed by atoms with van der Waals surface area (Å²) in [5, 5.41) is 0.430. The van der Waals surface area contributed by atoms with Crippen molar-refractivity contribution < 1.29 is 17.9 Å². The second-order valence-electron chi connectivity index (χ2n) is 4.49. The van der Waals surface area contributed by atoms with E-state index < -0.39 is 12.7 Å². The van der Waals surface area contributed by atoms with Gasteiger partial charge in [0.15, 0.2) is 0 Å². The zero-order valence-electron chi connectivity index (χ0n) is 10.9. The van der Waals surface area contributed by atoms with Crippen molar-refractivity contribution in [3.05, 3.63) is 64.4 Å². The summed E-state index contributed by atoms with van der Waals surface area (Å²) in [4.78, 5) is 0. The maximum atomic E-state index is 13.6. The van der Waals surface area contributed by atoms with Crippen molar-refractivity contribution >= 4 is 11.6 Å². The first-order chi connectivity index (χ1) is 9.95. The smallest absolute Gasteiger partial charge is 0.387 e. The molecule has 2 aromatic carbocycles. The highest BCUT2D eigenvalue weighted by Gasteiger charge is 2.12. The number of nitrogens with two attached hydrogens (primary N) is 1. The molecule has 0 bridgehead atoms. The van der Waals surface area contributed by atoms with Gasteiger partial charge in [-0.3, -0.25) is 0 Å². The minimum absolute atomic E-state index is 0.0508. The Balaban J connectivity index is 2.09. The van der Waals surface area contributed by atoms with Gasteiger partial charge in [-0.1, -0.05) is 23.7 Å². The van der Waals surface area contributed by atoms with E-state index in [0.29, 0.717) is 16.1 Å². The van der Waals surface area contributed by atoms with Crippen LogP contribution in [0.4, 0.5) is 13.2 Å². The van der Waals surface area contributed by atoms with Gasteiger partial charge >= 0.3 is 6.61 Å². The molecule has 21 heavy (non-hydrogen) atoms. The van der Waals surface area contributed by atoms with Gasteiger partial charge in [0, 0.05) is 11.1 Å². The molecule has 0 heterocycles. The summed E-state index contributed by atoms with van der Waals surface area (Å²) in [5.74, 6) is -0.331. The third kappa shape index (κ3) is 4.37. The molecule has 0 aliphatic heterocycles. The fourth-order valence-corrected chi connectivity index (χ4v) is 2.15. The standard InChI is InChI=1S/C15H13ClF3NO/c16-11-3-6-13(17)10(7-11)8-14(20)9-1-4-12(5-2-9)21-15(18)19/h1-7,14-15H,8,20H2. The summed E-state index contributed by atoms with van der Waals surface area (Å²) in [6.07, 6.45) is 0.251. The molecule has 0 aliphatic rings. The second-order valence-corrected chi connectivity index (χ2v) is 4.93. The van der Waals surface area contributed by atoms with Crippen LogP contribution in [-0.4, -0.2) is 6.61 Å². The number of hydrogen-bond donors (Lipinski definition) is 1. The maximum Gasteiger partial charge on any atom is 0.387 e. The van der Waals surface area contributed by atoms with E-state index in [2.05, 4.69) is 4.74 Å². The van der Waals surface area contributed by atoms with Gasteiger partial charge in [-0.25, -0.2) is 4.39 Å². The highest BCUT2D eigenvalue weighted by atomic mass is 35.5. The number of ether oxygens (including phenoxy) is 1. The van der Waals surface area contributed by atoms with E-state index in [4.69, 9.17) is 17.3 Å². The van der Waals surface area contributed by atoms with E-state index in [1.165, 1.54) is 30.3 Å². The highest BCUT2D eigenvalue weighted by Crippen LogP contribution is 2.23. The Kier molecular flexibility index (Phi) is 5.09. The van der Waals surface area contributed by atoms with Gasteiger partial charge in [-0.2, -0.15) is 8.78 Å². The molecule has 2 N–H and O–H groups in total. The third-order valence-electron chi connectivity index (χ3n) is 2.98. The Bertz CT molecular complexity index is 604. The van der Waals surface area contributed by atoms with Crippen LogP contribution in [0.3, 0.4) is 0 Å². The molecule has 2 aromatic rings. The lowest BCUT2D eigenvalue weighted by molar-refractivity contribution is -0.0498. The first-order valence-corrected chi connectivity index (χ1v) is 6.58. The summed E-state index contributed by atoms with van der Waals surface area (Å²) < 4.78 is 42.0. The molecule has 2 nitrogen and oxygen atoms in total. The molecule has 1 atom stereocenters. The van der Waals surface area contributed by atoms with Crippen LogP contribution in [0.25, 0.3) is 0 Å². The van der Waals surface area contributed by atoms with E-state index >= 15 is 0 Å². The van der Waals surface area contributed by atoms with Crippen molar-refractivity contribution in [3.8, 4) is 5.75 Å². The number of benzene rings is 2. The molecule has 0 spiro atoms. The lowest BCUT2D eigenvalue weighted by atomic mass is 9.99. The average molecular weight is 316 g/mol. The van der Waals surface area contributed by atoms with Crippen LogP contribution in [0.1, 0.15) is 17.2 Å². The highest BCUT2D eigenvalue weighted by molar-refractivity contribution is 6.30. The monoisotopic (exact) mass is 315 g/mol. The van der Waals surface area contributed by atoms with Crippen molar-refractivity contribution in [1.82, 2.24) is 0 Å². The van der Waals surface area contributed by atoms with Gasteiger partial charge in [0.25, 0.3) is 0 Å². The van der Waals surface area contributed by atoms with Gasteiger partial charge in [0.2, 0.25) is 0 Å². The van der Waals surface area contributed by atoms with Crippen molar-refractivity contribution in [1.29, 1.82) is 0 Å². The molecule has 0 saturated heterocycles. The Hall–Kier alpha value is -1.72. The summed E-state index contributed by atoms with van der Waals surface area (Å²) in [6.45, 7) is -2.87. The predicted octanol–water partition coefficient (Wildman–Crippen LogP) is 4.32. The lowest BCUT2D eigenvalue weighted by Gasteiger charge is -2.14. The van der Waals surface area contributed by atoms with Crippen molar-refractivity contribution in [3.63, 3.8) is 0 Å². The fraction of sp³-hybridized carbons (Fsp3) is 0.200. The van der Waals surface area contributed by atoms with Crippen molar-refractivity contribution in [2.24, 2.45) is 5.73 Å². The maximum absolute atomic E-state index is 13.6. The number of halogens is 4. The molecule has 0 fully saturated rings. The van der Waals surface area contributed by atoms with Crippen LogP contribution in [-0.2, 0) is 6.42 Å². The first-order valence-electron chi connectivity index (χ1n) is 6.20. The molecule has 1 unspecified atom stereocenters. The van der Waals surface area contributed by atoms with Crippen LogP contribution in [0, 0.1) is 5.82 Å². The molecule has 0 radical (unpaired) electrons. The van der Waals surface area contributed by atoms with Gasteiger partial charge in [-0.05, 0) is 47.9 Å². The van der Waals surface area contributed by atoms with Crippen molar-refractivity contribution in [2.75, 3.05) is 0 Å². The van der Waals surface area contributed by atoms with E-state index in [-0.39, 0.29) is 18.0 Å². The minimum Gasteiger partial charge on any atom is -0.435 e. The molecule has 0 saturated carbocycles. The Morgan fingerprint density at radius 1 is 1.10 bits per heavy atom. The van der Waals surface area contributed by atoms with Gasteiger partial charge in [0.05, 0.1) is 0 Å². The number of hydrogen-bond acceptors (Lipinski definition) is 2. The summed E-state index contributed by atoms with van der Waals surface area (Å²) in [5.41, 5.74) is 7.09. The molecule has 0 aromatic heterocycles.